The van der Waals surface area contributed by atoms with E-state index >= 15 is 0 Å². The third-order valence-electron chi connectivity index (χ3n) is 3.91. The van der Waals surface area contributed by atoms with Gasteiger partial charge < -0.3 is 10.1 Å². The Hall–Kier alpha value is -2.17. The van der Waals surface area contributed by atoms with Gasteiger partial charge in [-0.3, -0.25) is 14.4 Å². The van der Waals surface area contributed by atoms with Crippen LogP contribution in [0.25, 0.3) is 0 Å². The zero-order chi connectivity index (χ0) is 18.7. The fraction of sp³-hybridized carbons (Fsp3) is 0.550. The highest BCUT2D eigenvalue weighted by Gasteiger charge is 2.13. The molecule has 1 amide bonds. The van der Waals surface area contributed by atoms with Crippen molar-refractivity contribution < 1.29 is 19.1 Å². The van der Waals surface area contributed by atoms with E-state index in [1.54, 1.807) is 0 Å². The summed E-state index contributed by atoms with van der Waals surface area (Å²) in [5.41, 5.74) is 1.70. The fourth-order valence-corrected chi connectivity index (χ4v) is 2.62. The van der Waals surface area contributed by atoms with E-state index in [-0.39, 0.29) is 30.3 Å². The first kappa shape index (κ1) is 20.9. The van der Waals surface area contributed by atoms with Crippen LogP contribution in [0.5, 0.6) is 0 Å². The first-order valence-corrected chi connectivity index (χ1v) is 8.95. The molecule has 5 nitrogen and oxygen atoms in total. The maximum Gasteiger partial charge on any atom is 0.302 e. The first-order valence-electron chi connectivity index (χ1n) is 8.95. The van der Waals surface area contributed by atoms with Gasteiger partial charge >= 0.3 is 5.97 Å². The molecular weight excluding hydrogens is 318 g/mol. The van der Waals surface area contributed by atoms with Gasteiger partial charge in [0.1, 0.15) is 6.61 Å². The zero-order valence-corrected chi connectivity index (χ0v) is 15.5. The molecule has 0 heterocycles. The molecule has 0 fully saturated rings. The van der Waals surface area contributed by atoms with Crippen molar-refractivity contribution in [2.24, 2.45) is 0 Å². The Bertz CT molecular complexity index is 566. The van der Waals surface area contributed by atoms with Gasteiger partial charge in [0.15, 0.2) is 5.78 Å². The van der Waals surface area contributed by atoms with E-state index in [4.69, 9.17) is 4.74 Å². The number of ether oxygens (including phenoxy) is 1. The van der Waals surface area contributed by atoms with Gasteiger partial charge in [0, 0.05) is 25.8 Å². The molecule has 1 rings (SSSR count). The Labute approximate surface area is 150 Å². The fourth-order valence-electron chi connectivity index (χ4n) is 2.62. The van der Waals surface area contributed by atoms with Crippen molar-refractivity contribution in [3.8, 4) is 0 Å². The molecule has 0 aromatic heterocycles. The summed E-state index contributed by atoms with van der Waals surface area (Å²) in [6, 6.07) is 7.16. The van der Waals surface area contributed by atoms with Crippen LogP contribution in [0.4, 0.5) is 0 Å². The Kier molecular flexibility index (Phi) is 9.51. The highest BCUT2D eigenvalue weighted by atomic mass is 16.5. The van der Waals surface area contributed by atoms with Crippen LogP contribution in [0.15, 0.2) is 24.3 Å². The lowest BCUT2D eigenvalue weighted by atomic mass is 10.0. The van der Waals surface area contributed by atoms with Gasteiger partial charge in [0.2, 0.25) is 5.91 Å². The molecule has 1 N–H and O–H groups in total. The van der Waals surface area contributed by atoms with Gasteiger partial charge in [0.25, 0.3) is 0 Å². The van der Waals surface area contributed by atoms with Gasteiger partial charge in [-0.05, 0) is 18.4 Å². The minimum absolute atomic E-state index is 0.132. The van der Waals surface area contributed by atoms with Gasteiger partial charge in [-0.25, -0.2) is 0 Å². The molecule has 0 aliphatic carbocycles. The van der Waals surface area contributed by atoms with Crippen LogP contribution < -0.4 is 5.32 Å². The predicted molar refractivity (Wildman–Crippen MR) is 97.5 cm³/mol. The molecule has 1 atom stereocenters. The minimum atomic E-state index is -0.376. The lowest BCUT2D eigenvalue weighted by molar-refractivity contribution is -0.142. The molecule has 0 radical (unpaired) electrons. The highest BCUT2D eigenvalue weighted by molar-refractivity contribution is 5.96. The van der Waals surface area contributed by atoms with E-state index < -0.39 is 0 Å². The van der Waals surface area contributed by atoms with Crippen molar-refractivity contribution in [1.29, 1.82) is 0 Å². The highest BCUT2D eigenvalue weighted by Crippen LogP contribution is 2.12. The van der Waals surface area contributed by atoms with Crippen molar-refractivity contribution in [3.63, 3.8) is 0 Å². The molecule has 25 heavy (non-hydrogen) atoms. The second kappa shape index (κ2) is 11.4. The second-order valence-electron chi connectivity index (χ2n) is 6.33. The van der Waals surface area contributed by atoms with Crippen LogP contribution in [0.1, 0.15) is 68.8 Å². The first-order chi connectivity index (χ1) is 11.9. The number of carbonyl (C=O) groups excluding carboxylic acids is 3. The number of rotatable bonds is 11. The van der Waals surface area contributed by atoms with E-state index in [0.717, 1.165) is 30.4 Å². The largest absolute Gasteiger partial charge is 0.464 e. The number of esters is 1. The summed E-state index contributed by atoms with van der Waals surface area (Å²) >= 11 is 0. The lowest BCUT2D eigenvalue weighted by Crippen LogP contribution is -2.39. The number of amides is 1. The standard InChI is InChI=1S/C20H29NO4/c1-4-5-6-7-8-20(24)18-11-9-17(10-12-18)13-19(21-15(2)22)14-25-16(3)23/h9-12,19H,4-8,13-14H2,1-3H3,(H,21,22)/t19-/m0/s1. The van der Waals surface area contributed by atoms with Crippen LogP contribution in [-0.4, -0.2) is 30.3 Å². The number of nitrogens with one attached hydrogen (secondary N) is 1. The van der Waals surface area contributed by atoms with Crippen LogP contribution in [-0.2, 0) is 20.7 Å². The SMILES string of the molecule is CCCCCCC(=O)c1ccc(C[C@@H](COC(C)=O)NC(C)=O)cc1. The second-order valence-corrected chi connectivity index (χ2v) is 6.33. The van der Waals surface area contributed by atoms with Crippen molar-refractivity contribution in [3.05, 3.63) is 35.4 Å². The van der Waals surface area contributed by atoms with Crippen molar-refractivity contribution in [1.82, 2.24) is 5.32 Å². The van der Waals surface area contributed by atoms with Gasteiger partial charge in [-0.2, -0.15) is 0 Å². The van der Waals surface area contributed by atoms with E-state index in [0.29, 0.717) is 12.8 Å². The van der Waals surface area contributed by atoms with Gasteiger partial charge in [-0.1, -0.05) is 50.5 Å². The van der Waals surface area contributed by atoms with Crippen LogP contribution in [0, 0.1) is 0 Å². The summed E-state index contributed by atoms with van der Waals surface area (Å²) in [6.07, 6.45) is 5.47. The van der Waals surface area contributed by atoms with E-state index in [9.17, 15) is 14.4 Å². The number of carbonyl (C=O) groups is 3. The molecule has 5 heteroatoms. The normalized spacial score (nSPS) is 11.6. The molecule has 0 saturated heterocycles. The number of ketones is 1. The molecule has 0 bridgehead atoms. The molecule has 0 spiro atoms. The van der Waals surface area contributed by atoms with Crippen LogP contribution in [0.3, 0.4) is 0 Å². The number of hydrogen-bond donors (Lipinski definition) is 1. The molecule has 1 aromatic rings. The maximum atomic E-state index is 12.1. The van der Waals surface area contributed by atoms with Gasteiger partial charge in [0.05, 0.1) is 6.04 Å². The molecule has 0 aliphatic heterocycles. The minimum Gasteiger partial charge on any atom is -0.464 e. The van der Waals surface area contributed by atoms with Crippen molar-refractivity contribution in [2.75, 3.05) is 6.61 Å². The molecule has 0 saturated carbocycles. The average Bonchev–Trinajstić information content (AvgIpc) is 2.56. The topological polar surface area (TPSA) is 72.5 Å². The average molecular weight is 347 g/mol. The summed E-state index contributed by atoms with van der Waals surface area (Å²) < 4.78 is 5.00. The monoisotopic (exact) mass is 347 g/mol. The Morgan fingerprint density at radius 2 is 1.72 bits per heavy atom. The Morgan fingerprint density at radius 1 is 1.04 bits per heavy atom. The van der Waals surface area contributed by atoms with E-state index in [2.05, 4.69) is 12.2 Å². The Morgan fingerprint density at radius 3 is 2.28 bits per heavy atom. The third kappa shape index (κ3) is 9.03. The van der Waals surface area contributed by atoms with Crippen molar-refractivity contribution in [2.45, 2.75) is 65.3 Å². The summed E-state index contributed by atoms with van der Waals surface area (Å²) in [7, 11) is 0. The molecule has 138 valence electrons. The zero-order valence-electron chi connectivity index (χ0n) is 15.5. The summed E-state index contributed by atoms with van der Waals surface area (Å²) in [5.74, 6) is -0.378. The summed E-state index contributed by atoms with van der Waals surface area (Å²) in [5, 5.41) is 2.78. The third-order valence-corrected chi connectivity index (χ3v) is 3.91. The lowest BCUT2D eigenvalue weighted by Gasteiger charge is -2.17. The summed E-state index contributed by atoms with van der Waals surface area (Å²) in [4.78, 5) is 34.4. The van der Waals surface area contributed by atoms with Gasteiger partial charge in [-0.15, -0.1) is 0 Å². The number of benzene rings is 1. The van der Waals surface area contributed by atoms with E-state index in [1.807, 2.05) is 24.3 Å². The summed E-state index contributed by atoms with van der Waals surface area (Å²) in [6.45, 7) is 5.05. The molecule has 1 aromatic carbocycles. The number of Topliss-reactive ketones (excluding diaryl/α,β-unsaturated/α-hetero) is 1. The van der Waals surface area contributed by atoms with Crippen LogP contribution >= 0.6 is 0 Å². The smallest absolute Gasteiger partial charge is 0.302 e. The maximum absolute atomic E-state index is 12.1. The number of unbranched alkanes of at least 4 members (excludes halogenated alkanes) is 3. The molecular formula is C20H29NO4. The predicted octanol–water partition coefficient (Wildman–Crippen LogP) is 3.45. The molecule has 0 unspecified atom stereocenters. The quantitative estimate of drug-likeness (QED) is 0.378. The Balaban J connectivity index is 2.58. The molecule has 0 aliphatic rings. The van der Waals surface area contributed by atoms with Crippen molar-refractivity contribution >= 4 is 17.7 Å². The van der Waals surface area contributed by atoms with Crippen LogP contribution in [0.2, 0.25) is 0 Å². The van der Waals surface area contributed by atoms with E-state index in [1.165, 1.54) is 20.3 Å². The number of hydrogen-bond acceptors (Lipinski definition) is 4.